The molecule has 0 atom stereocenters. The number of aromatic amines is 2. The van der Waals surface area contributed by atoms with Gasteiger partial charge in [-0.2, -0.15) is 5.10 Å². The number of nitrogens with zero attached hydrogens (tertiary/aromatic N) is 5. The van der Waals surface area contributed by atoms with Gasteiger partial charge < -0.3 is 10.3 Å². The largest absolute Gasteiger partial charge is 0.335 e. The van der Waals surface area contributed by atoms with Gasteiger partial charge in [0.05, 0.1) is 34.5 Å². The van der Waals surface area contributed by atoms with Gasteiger partial charge in [-0.3, -0.25) is 19.9 Å². The summed E-state index contributed by atoms with van der Waals surface area (Å²) in [7, 11) is 0. The Morgan fingerprint density at radius 2 is 2.03 bits per heavy atom. The minimum absolute atomic E-state index is 0.0919. The number of hydrogen-bond donors (Lipinski definition) is 3. The molecule has 11 heteroatoms. The number of rotatable bonds is 5. The maximum absolute atomic E-state index is 15.9. The van der Waals surface area contributed by atoms with Crippen molar-refractivity contribution in [2.75, 3.05) is 5.32 Å². The Morgan fingerprint density at radius 1 is 1.14 bits per heavy atom. The quantitative estimate of drug-likeness (QED) is 0.289. The summed E-state index contributed by atoms with van der Waals surface area (Å²) in [4.78, 5) is 34.8. The molecule has 0 bridgehead atoms. The van der Waals surface area contributed by atoms with Gasteiger partial charge in [-0.05, 0) is 31.2 Å². The molecule has 6 heterocycles. The highest BCUT2D eigenvalue weighted by molar-refractivity contribution is 7.15. The third-order valence-corrected chi connectivity index (χ3v) is 6.82. The number of fused-ring (bicyclic) bond motifs is 2. The van der Waals surface area contributed by atoms with E-state index in [0.717, 1.165) is 16.0 Å². The van der Waals surface area contributed by atoms with E-state index in [2.05, 4.69) is 59.5 Å². The summed E-state index contributed by atoms with van der Waals surface area (Å²) in [5.41, 5.74) is 3.97. The van der Waals surface area contributed by atoms with Crippen LogP contribution in [0, 0.1) is 12.7 Å². The number of amides is 1. The Kier molecular flexibility index (Phi) is 5.26. The van der Waals surface area contributed by atoms with Crippen molar-refractivity contribution in [3.8, 4) is 33.2 Å². The number of carbonyl (C=O) groups is 1. The highest BCUT2D eigenvalue weighted by Crippen LogP contribution is 2.35. The van der Waals surface area contributed by atoms with E-state index in [4.69, 9.17) is 0 Å². The molecule has 0 aliphatic rings. The molecule has 9 nitrogen and oxygen atoms in total. The van der Waals surface area contributed by atoms with Gasteiger partial charge in [0.25, 0.3) is 0 Å². The molecule has 0 saturated heterocycles. The van der Waals surface area contributed by atoms with Gasteiger partial charge in [-0.15, -0.1) is 11.3 Å². The molecule has 6 aromatic rings. The number of anilines is 1. The van der Waals surface area contributed by atoms with Crippen molar-refractivity contribution in [3.63, 3.8) is 0 Å². The van der Waals surface area contributed by atoms with Gasteiger partial charge in [0.1, 0.15) is 11.4 Å². The molecule has 178 valence electrons. The molecule has 36 heavy (non-hydrogen) atoms. The minimum atomic E-state index is -0.570. The molecule has 0 radical (unpaired) electrons. The Labute approximate surface area is 207 Å². The predicted octanol–water partition coefficient (Wildman–Crippen LogP) is 5.48. The fourth-order valence-electron chi connectivity index (χ4n) is 4.04. The van der Waals surface area contributed by atoms with E-state index in [1.54, 1.807) is 30.5 Å². The molecule has 0 aliphatic heterocycles. The van der Waals surface area contributed by atoms with Crippen molar-refractivity contribution in [3.05, 3.63) is 59.7 Å². The summed E-state index contributed by atoms with van der Waals surface area (Å²) in [6.07, 6.45) is 6.55. The first-order chi connectivity index (χ1) is 17.5. The number of aromatic nitrogens is 7. The van der Waals surface area contributed by atoms with Crippen LogP contribution in [0.2, 0.25) is 0 Å². The summed E-state index contributed by atoms with van der Waals surface area (Å²) in [5, 5.41) is 10.2. The molecule has 0 aromatic carbocycles. The Hall–Kier alpha value is -4.51. The van der Waals surface area contributed by atoms with Crippen LogP contribution in [-0.4, -0.2) is 41.0 Å². The number of imidazole rings is 1. The second-order valence-electron chi connectivity index (χ2n) is 8.20. The van der Waals surface area contributed by atoms with Gasteiger partial charge in [-0.25, -0.2) is 14.4 Å². The van der Waals surface area contributed by atoms with Gasteiger partial charge in [-0.1, -0.05) is 6.92 Å². The zero-order valence-electron chi connectivity index (χ0n) is 19.3. The normalized spacial score (nSPS) is 11.4. The lowest BCUT2D eigenvalue weighted by molar-refractivity contribution is -0.115. The topological polar surface area (TPSA) is 125 Å². The van der Waals surface area contributed by atoms with Crippen molar-refractivity contribution in [2.45, 2.75) is 20.3 Å². The predicted molar refractivity (Wildman–Crippen MR) is 137 cm³/mol. The van der Waals surface area contributed by atoms with Crippen LogP contribution in [0.4, 0.5) is 10.1 Å². The number of aryl methyl sites for hydroxylation is 1. The second-order valence-corrected chi connectivity index (χ2v) is 9.49. The molecule has 1 amide bonds. The molecule has 0 fully saturated rings. The lowest BCUT2D eigenvalue weighted by Crippen LogP contribution is -2.09. The SMILES string of the molecule is CCC(=O)Nc1cncc(-c2ncc3[nH]nc(-c4nc5nccc(-c6ccc(C)s6)c5[nH]4)c3c2F)c1. The zero-order chi connectivity index (χ0) is 24.8. The zero-order valence-corrected chi connectivity index (χ0v) is 20.1. The maximum Gasteiger partial charge on any atom is 0.224 e. The molecule has 0 unspecified atom stereocenters. The Balaban J connectivity index is 1.47. The molecule has 3 N–H and O–H groups in total. The number of carbonyl (C=O) groups excluding carboxylic acids is 1. The number of nitrogens with one attached hydrogen (secondary N) is 3. The molecule has 6 aromatic heterocycles. The van der Waals surface area contributed by atoms with Crippen LogP contribution < -0.4 is 5.32 Å². The Bertz CT molecular complexity index is 1770. The number of halogens is 1. The first kappa shape index (κ1) is 22.0. The molecular formula is C25H19FN8OS. The molecule has 0 spiro atoms. The van der Waals surface area contributed by atoms with Crippen LogP contribution in [0.25, 0.3) is 55.3 Å². The number of hydrogen-bond acceptors (Lipinski definition) is 7. The third kappa shape index (κ3) is 3.69. The number of thiophene rings is 1. The fraction of sp³-hybridized carbons (Fsp3) is 0.120. The summed E-state index contributed by atoms with van der Waals surface area (Å²) in [5.74, 6) is -0.340. The monoisotopic (exact) mass is 498 g/mol. The Morgan fingerprint density at radius 3 is 2.83 bits per heavy atom. The molecule has 0 aliphatic carbocycles. The summed E-state index contributed by atoms with van der Waals surface area (Å²) in [6.45, 7) is 3.80. The number of pyridine rings is 3. The minimum Gasteiger partial charge on any atom is -0.335 e. The maximum atomic E-state index is 15.9. The van der Waals surface area contributed by atoms with Crippen molar-refractivity contribution in [2.24, 2.45) is 0 Å². The fourth-order valence-corrected chi connectivity index (χ4v) is 4.94. The van der Waals surface area contributed by atoms with Crippen LogP contribution in [0.15, 0.2) is 49.1 Å². The van der Waals surface area contributed by atoms with Gasteiger partial charge >= 0.3 is 0 Å². The molecule has 6 rings (SSSR count). The molecular weight excluding hydrogens is 479 g/mol. The summed E-state index contributed by atoms with van der Waals surface area (Å²) < 4.78 is 15.9. The van der Waals surface area contributed by atoms with Gasteiger partial charge in [0.15, 0.2) is 17.3 Å². The standard InChI is InChI=1S/C25H19FN8OS/c1-3-18(35)30-14-8-13(9-27-10-14)21-20(26)19-16(11-29-21)33-34-23(19)25-31-22-15(6-7-28-24(22)32-25)17-5-4-12(2)36-17/h4-11H,3H2,1-2H3,(H,30,35)(H,33,34)(H,28,31,32). The van der Waals surface area contributed by atoms with Crippen molar-refractivity contribution in [1.29, 1.82) is 0 Å². The first-order valence-electron chi connectivity index (χ1n) is 11.2. The second kappa shape index (κ2) is 8.61. The van der Waals surface area contributed by atoms with Gasteiger partial charge in [0, 0.05) is 39.7 Å². The van der Waals surface area contributed by atoms with Crippen molar-refractivity contribution >= 4 is 45.0 Å². The third-order valence-electron chi connectivity index (χ3n) is 5.78. The average Bonchev–Trinajstić information content (AvgIpc) is 3.62. The summed E-state index contributed by atoms with van der Waals surface area (Å²) in [6, 6.07) is 7.68. The van der Waals surface area contributed by atoms with E-state index in [-0.39, 0.29) is 17.0 Å². The first-order valence-corrected chi connectivity index (χ1v) is 12.0. The van der Waals surface area contributed by atoms with Crippen LogP contribution in [-0.2, 0) is 4.79 Å². The summed E-state index contributed by atoms with van der Waals surface area (Å²) >= 11 is 1.68. The highest BCUT2D eigenvalue weighted by Gasteiger charge is 2.22. The van der Waals surface area contributed by atoms with E-state index >= 15 is 4.39 Å². The van der Waals surface area contributed by atoms with Crippen molar-refractivity contribution in [1.82, 2.24) is 35.1 Å². The highest BCUT2D eigenvalue weighted by atomic mass is 32.1. The van der Waals surface area contributed by atoms with E-state index < -0.39 is 5.82 Å². The molecule has 0 saturated carbocycles. The van der Waals surface area contributed by atoms with Crippen LogP contribution in [0.5, 0.6) is 0 Å². The van der Waals surface area contributed by atoms with Crippen LogP contribution >= 0.6 is 11.3 Å². The van der Waals surface area contributed by atoms with Crippen LogP contribution in [0.1, 0.15) is 18.2 Å². The lowest BCUT2D eigenvalue weighted by atomic mass is 10.1. The van der Waals surface area contributed by atoms with Crippen molar-refractivity contribution < 1.29 is 9.18 Å². The smallest absolute Gasteiger partial charge is 0.224 e. The van der Waals surface area contributed by atoms with E-state index in [0.29, 0.717) is 40.4 Å². The van der Waals surface area contributed by atoms with Gasteiger partial charge in [0.2, 0.25) is 5.91 Å². The van der Waals surface area contributed by atoms with E-state index in [9.17, 15) is 4.79 Å². The van der Waals surface area contributed by atoms with E-state index in [1.165, 1.54) is 23.5 Å². The van der Waals surface area contributed by atoms with E-state index in [1.807, 2.05) is 6.07 Å². The average molecular weight is 499 g/mol. The number of H-pyrrole nitrogens is 2. The van der Waals surface area contributed by atoms with Crippen LogP contribution in [0.3, 0.4) is 0 Å². The lowest BCUT2D eigenvalue weighted by Gasteiger charge is -2.07.